The van der Waals surface area contributed by atoms with Crippen molar-refractivity contribution in [2.45, 2.75) is 27.2 Å². The molecule has 1 amide bonds. The van der Waals surface area contributed by atoms with Gasteiger partial charge in [0, 0.05) is 5.69 Å². The van der Waals surface area contributed by atoms with Crippen LogP contribution in [0.15, 0.2) is 42.0 Å². The monoisotopic (exact) mass is 364 g/mol. The second kappa shape index (κ2) is 9.44. The third kappa shape index (κ3) is 5.11. The smallest absolute Gasteiger partial charge is 0.266 e. The molecule has 0 bridgehead atoms. The molecule has 27 heavy (non-hydrogen) atoms. The van der Waals surface area contributed by atoms with E-state index in [1.165, 1.54) is 6.08 Å². The zero-order chi connectivity index (χ0) is 19.8. The minimum Gasteiger partial charge on any atom is -0.493 e. The van der Waals surface area contributed by atoms with Crippen LogP contribution in [-0.4, -0.2) is 19.6 Å². The normalized spacial score (nSPS) is 10.9. The van der Waals surface area contributed by atoms with Crippen molar-refractivity contribution >= 4 is 17.7 Å². The van der Waals surface area contributed by atoms with Crippen molar-refractivity contribution < 1.29 is 14.3 Å². The summed E-state index contributed by atoms with van der Waals surface area (Å²) < 4.78 is 11.0. The van der Waals surface area contributed by atoms with E-state index in [-0.39, 0.29) is 5.57 Å². The lowest BCUT2D eigenvalue weighted by Gasteiger charge is -2.11. The van der Waals surface area contributed by atoms with Crippen LogP contribution in [0.1, 0.15) is 30.0 Å². The van der Waals surface area contributed by atoms with Gasteiger partial charge in [0.15, 0.2) is 11.5 Å². The molecular weight excluding hydrogens is 340 g/mol. The van der Waals surface area contributed by atoms with E-state index in [1.54, 1.807) is 25.3 Å². The molecule has 0 aliphatic rings. The molecule has 2 rings (SSSR count). The molecule has 1 N–H and O–H groups in total. The fourth-order valence-electron chi connectivity index (χ4n) is 2.50. The summed E-state index contributed by atoms with van der Waals surface area (Å²) in [6.45, 7) is 6.52. The summed E-state index contributed by atoms with van der Waals surface area (Å²) in [6, 6.07) is 12.9. The highest BCUT2D eigenvalue weighted by Gasteiger charge is 2.12. The zero-order valence-corrected chi connectivity index (χ0v) is 16.1. The number of hydrogen-bond donors (Lipinski definition) is 1. The van der Waals surface area contributed by atoms with Gasteiger partial charge >= 0.3 is 0 Å². The van der Waals surface area contributed by atoms with Gasteiger partial charge in [-0.3, -0.25) is 4.79 Å². The number of aryl methyl sites for hydroxylation is 1. The van der Waals surface area contributed by atoms with Crippen LogP contribution in [-0.2, 0) is 4.79 Å². The summed E-state index contributed by atoms with van der Waals surface area (Å²) in [5.41, 5.74) is 3.44. The molecule has 2 aromatic carbocycles. The summed E-state index contributed by atoms with van der Waals surface area (Å²) in [5.74, 6) is 0.746. The van der Waals surface area contributed by atoms with Crippen LogP contribution in [0.2, 0.25) is 0 Å². The van der Waals surface area contributed by atoms with Gasteiger partial charge in [-0.05, 0) is 61.2 Å². The predicted octanol–water partition coefficient (Wildman–Crippen LogP) is 4.65. The van der Waals surface area contributed by atoms with Crippen molar-refractivity contribution in [3.8, 4) is 17.6 Å². The summed E-state index contributed by atoms with van der Waals surface area (Å²) in [6.07, 6.45) is 2.43. The van der Waals surface area contributed by atoms with Crippen molar-refractivity contribution in [1.29, 1.82) is 5.26 Å². The highest BCUT2D eigenvalue weighted by molar-refractivity contribution is 6.10. The number of benzene rings is 2. The summed E-state index contributed by atoms with van der Waals surface area (Å²) in [7, 11) is 1.56. The summed E-state index contributed by atoms with van der Waals surface area (Å²) in [4.78, 5) is 12.5. The van der Waals surface area contributed by atoms with Gasteiger partial charge in [-0.25, -0.2) is 0 Å². The number of carbonyl (C=O) groups is 1. The molecule has 0 heterocycles. The van der Waals surface area contributed by atoms with E-state index in [4.69, 9.17) is 9.47 Å². The lowest BCUT2D eigenvalue weighted by atomic mass is 10.1. The van der Waals surface area contributed by atoms with Gasteiger partial charge in [-0.2, -0.15) is 5.26 Å². The molecule has 2 aromatic rings. The van der Waals surface area contributed by atoms with E-state index in [1.807, 2.05) is 45.0 Å². The maximum absolute atomic E-state index is 12.5. The Morgan fingerprint density at radius 1 is 1.22 bits per heavy atom. The van der Waals surface area contributed by atoms with Crippen LogP contribution in [0.25, 0.3) is 6.08 Å². The molecule has 5 heteroatoms. The molecule has 0 radical (unpaired) electrons. The topological polar surface area (TPSA) is 71.3 Å². The lowest BCUT2D eigenvalue weighted by Crippen LogP contribution is -2.14. The number of nitrogens with one attached hydrogen (secondary N) is 1. The summed E-state index contributed by atoms with van der Waals surface area (Å²) >= 11 is 0. The number of amides is 1. The van der Waals surface area contributed by atoms with Crippen molar-refractivity contribution in [3.05, 3.63) is 58.7 Å². The standard InChI is InChI=1S/C22H24N2O3/c1-5-11-27-20-10-9-17(13-21(20)26-4)12-18(14-23)22(25)24-19-8-6-7-15(2)16(19)3/h6-10,12-13H,5,11H2,1-4H3,(H,24,25)/b18-12-. The minimum absolute atomic E-state index is 0.0141. The van der Waals surface area contributed by atoms with Gasteiger partial charge in [-0.15, -0.1) is 0 Å². The molecule has 0 unspecified atom stereocenters. The molecule has 5 nitrogen and oxygen atoms in total. The molecule has 0 aromatic heterocycles. The van der Waals surface area contributed by atoms with E-state index in [0.29, 0.717) is 29.4 Å². The van der Waals surface area contributed by atoms with Crippen molar-refractivity contribution in [2.24, 2.45) is 0 Å². The Hall–Kier alpha value is -3.26. The number of hydrogen-bond acceptors (Lipinski definition) is 4. The highest BCUT2D eigenvalue weighted by atomic mass is 16.5. The highest BCUT2D eigenvalue weighted by Crippen LogP contribution is 2.29. The van der Waals surface area contributed by atoms with E-state index < -0.39 is 5.91 Å². The maximum atomic E-state index is 12.5. The average Bonchev–Trinajstić information content (AvgIpc) is 2.68. The molecular formula is C22H24N2O3. The summed E-state index contributed by atoms with van der Waals surface area (Å²) in [5, 5.41) is 12.2. The number of carbonyl (C=O) groups excluding carboxylic acids is 1. The van der Waals surface area contributed by atoms with Crippen molar-refractivity contribution in [1.82, 2.24) is 0 Å². The Balaban J connectivity index is 2.25. The van der Waals surface area contributed by atoms with Crippen LogP contribution in [0.5, 0.6) is 11.5 Å². The Kier molecular flexibility index (Phi) is 7.01. The van der Waals surface area contributed by atoms with E-state index in [9.17, 15) is 10.1 Å². The fourth-order valence-corrected chi connectivity index (χ4v) is 2.50. The SMILES string of the molecule is CCCOc1ccc(/C=C(/C#N)C(=O)Nc2cccc(C)c2C)cc1OC. The molecule has 0 atom stereocenters. The second-order valence-electron chi connectivity index (χ2n) is 6.13. The first-order valence-corrected chi connectivity index (χ1v) is 8.80. The number of ether oxygens (including phenoxy) is 2. The number of anilines is 1. The van der Waals surface area contributed by atoms with Crippen LogP contribution < -0.4 is 14.8 Å². The molecule has 0 saturated carbocycles. The van der Waals surface area contributed by atoms with Crippen LogP contribution in [0, 0.1) is 25.2 Å². The first-order valence-electron chi connectivity index (χ1n) is 8.80. The van der Waals surface area contributed by atoms with Gasteiger partial charge in [0.1, 0.15) is 11.6 Å². The molecule has 140 valence electrons. The predicted molar refractivity (Wildman–Crippen MR) is 107 cm³/mol. The van der Waals surface area contributed by atoms with Crippen molar-refractivity contribution in [3.63, 3.8) is 0 Å². The van der Waals surface area contributed by atoms with Gasteiger partial charge < -0.3 is 14.8 Å². The van der Waals surface area contributed by atoms with E-state index in [2.05, 4.69) is 5.32 Å². The largest absolute Gasteiger partial charge is 0.493 e. The molecule has 0 saturated heterocycles. The fraction of sp³-hybridized carbons (Fsp3) is 0.273. The van der Waals surface area contributed by atoms with Crippen LogP contribution in [0.4, 0.5) is 5.69 Å². The quantitative estimate of drug-likeness (QED) is 0.573. The van der Waals surface area contributed by atoms with E-state index >= 15 is 0 Å². The van der Waals surface area contributed by atoms with Crippen LogP contribution in [0.3, 0.4) is 0 Å². The zero-order valence-electron chi connectivity index (χ0n) is 16.1. The number of nitrogens with zero attached hydrogens (tertiary/aromatic N) is 1. The minimum atomic E-state index is -0.448. The molecule has 0 spiro atoms. The molecule has 0 fully saturated rings. The maximum Gasteiger partial charge on any atom is 0.266 e. The third-order valence-electron chi connectivity index (χ3n) is 4.18. The Labute approximate surface area is 160 Å². The Morgan fingerprint density at radius 2 is 2.00 bits per heavy atom. The van der Waals surface area contributed by atoms with Gasteiger partial charge in [0.25, 0.3) is 5.91 Å². The Bertz CT molecular complexity index is 895. The molecule has 0 aliphatic heterocycles. The average molecular weight is 364 g/mol. The van der Waals surface area contributed by atoms with Crippen LogP contribution >= 0.6 is 0 Å². The first kappa shape index (κ1) is 20.1. The number of rotatable bonds is 7. The lowest BCUT2D eigenvalue weighted by molar-refractivity contribution is -0.112. The van der Waals surface area contributed by atoms with E-state index in [0.717, 1.165) is 17.5 Å². The first-order chi connectivity index (χ1) is 13.0. The van der Waals surface area contributed by atoms with Gasteiger partial charge in [-0.1, -0.05) is 25.1 Å². The van der Waals surface area contributed by atoms with Gasteiger partial charge in [0.2, 0.25) is 0 Å². The molecule has 0 aliphatic carbocycles. The van der Waals surface area contributed by atoms with Gasteiger partial charge in [0.05, 0.1) is 13.7 Å². The number of nitriles is 1. The Morgan fingerprint density at radius 3 is 2.67 bits per heavy atom. The number of methoxy groups -OCH3 is 1. The van der Waals surface area contributed by atoms with Crippen molar-refractivity contribution in [2.75, 3.05) is 19.0 Å². The second-order valence-corrected chi connectivity index (χ2v) is 6.13. The third-order valence-corrected chi connectivity index (χ3v) is 4.18.